The van der Waals surface area contributed by atoms with Gasteiger partial charge in [-0.15, -0.1) is 0 Å². The molecule has 0 aliphatic carbocycles. The molecule has 0 saturated heterocycles. The second-order valence-electron chi connectivity index (χ2n) is 4.86. The van der Waals surface area contributed by atoms with Gasteiger partial charge in [0.2, 0.25) is 0 Å². The molecule has 2 rings (SSSR count). The molecule has 19 heavy (non-hydrogen) atoms. The van der Waals surface area contributed by atoms with Gasteiger partial charge >= 0.3 is 0 Å². The zero-order chi connectivity index (χ0) is 13.7. The van der Waals surface area contributed by atoms with E-state index in [4.69, 9.17) is 11.6 Å². The molecule has 1 nitrogen and oxygen atoms in total. The zero-order valence-corrected chi connectivity index (χ0v) is 12.2. The minimum atomic E-state index is 0.207. The summed E-state index contributed by atoms with van der Waals surface area (Å²) in [5, 5.41) is 4.38. The lowest BCUT2D eigenvalue weighted by molar-refractivity contribution is 0.598. The summed E-state index contributed by atoms with van der Waals surface area (Å²) in [6, 6.07) is 16.9. The summed E-state index contributed by atoms with van der Waals surface area (Å²) in [5.41, 5.74) is 3.78. The Bertz CT molecular complexity index is 491. The molecule has 1 atom stereocenters. The van der Waals surface area contributed by atoms with E-state index in [1.807, 2.05) is 18.2 Å². The lowest BCUT2D eigenvalue weighted by atomic mass is 9.97. The van der Waals surface area contributed by atoms with Gasteiger partial charge in [-0.2, -0.15) is 0 Å². The van der Waals surface area contributed by atoms with Gasteiger partial charge in [-0.3, -0.25) is 0 Å². The van der Waals surface area contributed by atoms with Crippen LogP contribution in [0.1, 0.15) is 36.1 Å². The van der Waals surface area contributed by atoms with Gasteiger partial charge in [0.05, 0.1) is 6.04 Å². The molecule has 0 aliphatic rings. The van der Waals surface area contributed by atoms with Crippen molar-refractivity contribution < 1.29 is 0 Å². The summed E-state index contributed by atoms with van der Waals surface area (Å²) in [6.07, 6.45) is 1.11. The smallest absolute Gasteiger partial charge is 0.0577 e. The maximum Gasteiger partial charge on any atom is 0.0577 e. The number of benzene rings is 2. The SMILES string of the molecule is CCCNC(c1cccc(C)c1)c1cccc(Cl)c1. The van der Waals surface area contributed by atoms with E-state index in [9.17, 15) is 0 Å². The van der Waals surface area contributed by atoms with Crippen LogP contribution in [0.15, 0.2) is 48.5 Å². The predicted molar refractivity (Wildman–Crippen MR) is 82.8 cm³/mol. The second-order valence-corrected chi connectivity index (χ2v) is 5.29. The van der Waals surface area contributed by atoms with Gasteiger partial charge < -0.3 is 5.32 Å². The third kappa shape index (κ3) is 3.82. The highest BCUT2D eigenvalue weighted by Crippen LogP contribution is 2.25. The van der Waals surface area contributed by atoms with E-state index < -0.39 is 0 Å². The molecule has 2 aromatic carbocycles. The molecule has 1 N–H and O–H groups in total. The number of hydrogen-bond acceptors (Lipinski definition) is 1. The van der Waals surface area contributed by atoms with Crippen molar-refractivity contribution in [1.29, 1.82) is 0 Å². The van der Waals surface area contributed by atoms with Crippen LogP contribution in [0.25, 0.3) is 0 Å². The predicted octanol–water partition coefficient (Wildman–Crippen LogP) is 4.74. The monoisotopic (exact) mass is 273 g/mol. The van der Waals surface area contributed by atoms with Crippen molar-refractivity contribution in [3.8, 4) is 0 Å². The molecule has 2 aromatic rings. The van der Waals surface area contributed by atoms with Gasteiger partial charge in [0, 0.05) is 5.02 Å². The summed E-state index contributed by atoms with van der Waals surface area (Å²) < 4.78 is 0. The van der Waals surface area contributed by atoms with Crippen molar-refractivity contribution in [2.75, 3.05) is 6.54 Å². The Labute approximate surface area is 120 Å². The van der Waals surface area contributed by atoms with Crippen molar-refractivity contribution in [2.24, 2.45) is 0 Å². The van der Waals surface area contributed by atoms with Gasteiger partial charge in [-0.05, 0) is 43.1 Å². The molecule has 0 saturated carbocycles. The van der Waals surface area contributed by atoms with E-state index in [1.165, 1.54) is 16.7 Å². The molecule has 0 bridgehead atoms. The first-order chi connectivity index (χ1) is 9.20. The Morgan fingerprint density at radius 1 is 1.05 bits per heavy atom. The first-order valence-corrected chi connectivity index (χ1v) is 7.14. The number of aryl methyl sites for hydroxylation is 1. The molecular weight excluding hydrogens is 254 g/mol. The Kier molecular flexibility index (Phi) is 5.00. The Balaban J connectivity index is 2.35. The van der Waals surface area contributed by atoms with Gasteiger partial charge in [-0.25, -0.2) is 0 Å². The van der Waals surface area contributed by atoms with E-state index >= 15 is 0 Å². The Morgan fingerprint density at radius 2 is 1.74 bits per heavy atom. The number of halogens is 1. The van der Waals surface area contributed by atoms with Crippen LogP contribution >= 0.6 is 11.6 Å². The summed E-state index contributed by atoms with van der Waals surface area (Å²) in [5.74, 6) is 0. The molecule has 100 valence electrons. The highest BCUT2D eigenvalue weighted by Gasteiger charge is 2.13. The van der Waals surface area contributed by atoms with Crippen LogP contribution < -0.4 is 5.32 Å². The van der Waals surface area contributed by atoms with Crippen LogP contribution in [-0.4, -0.2) is 6.54 Å². The molecule has 1 unspecified atom stereocenters. The van der Waals surface area contributed by atoms with Crippen molar-refractivity contribution in [3.05, 3.63) is 70.2 Å². The second kappa shape index (κ2) is 6.74. The summed E-state index contributed by atoms with van der Waals surface area (Å²) in [4.78, 5) is 0. The van der Waals surface area contributed by atoms with Gasteiger partial charge in [0.25, 0.3) is 0 Å². The molecule has 0 aliphatic heterocycles. The first kappa shape index (κ1) is 14.1. The molecule has 0 fully saturated rings. The lowest BCUT2D eigenvalue weighted by Crippen LogP contribution is -2.23. The fraction of sp³-hybridized carbons (Fsp3) is 0.294. The Morgan fingerprint density at radius 3 is 2.37 bits per heavy atom. The quantitative estimate of drug-likeness (QED) is 0.830. The minimum Gasteiger partial charge on any atom is -0.306 e. The van der Waals surface area contributed by atoms with E-state index in [0.717, 1.165) is 18.0 Å². The van der Waals surface area contributed by atoms with Crippen molar-refractivity contribution in [3.63, 3.8) is 0 Å². The van der Waals surface area contributed by atoms with E-state index in [-0.39, 0.29) is 6.04 Å². The highest BCUT2D eigenvalue weighted by atomic mass is 35.5. The summed E-state index contributed by atoms with van der Waals surface area (Å²) in [6.45, 7) is 5.29. The average Bonchev–Trinajstić information content (AvgIpc) is 2.39. The van der Waals surface area contributed by atoms with Gasteiger partial charge in [0.15, 0.2) is 0 Å². The lowest BCUT2D eigenvalue weighted by Gasteiger charge is -2.20. The first-order valence-electron chi connectivity index (χ1n) is 6.76. The van der Waals surface area contributed by atoms with Crippen LogP contribution in [0.3, 0.4) is 0 Å². The fourth-order valence-corrected chi connectivity index (χ4v) is 2.45. The van der Waals surface area contributed by atoms with Crippen molar-refractivity contribution in [1.82, 2.24) is 5.32 Å². The average molecular weight is 274 g/mol. The van der Waals surface area contributed by atoms with Crippen LogP contribution in [0.4, 0.5) is 0 Å². The standard InChI is InChI=1S/C17H20ClN/c1-3-10-19-17(14-7-4-6-13(2)11-14)15-8-5-9-16(18)12-15/h4-9,11-12,17,19H,3,10H2,1-2H3. The topological polar surface area (TPSA) is 12.0 Å². The summed E-state index contributed by atoms with van der Waals surface area (Å²) in [7, 11) is 0. The van der Waals surface area contributed by atoms with Crippen LogP contribution in [-0.2, 0) is 0 Å². The van der Waals surface area contributed by atoms with Crippen LogP contribution in [0, 0.1) is 6.92 Å². The Hall–Kier alpha value is -1.31. The third-order valence-corrected chi connectivity index (χ3v) is 3.39. The van der Waals surface area contributed by atoms with Gasteiger partial charge in [0.1, 0.15) is 0 Å². The van der Waals surface area contributed by atoms with Crippen LogP contribution in [0.5, 0.6) is 0 Å². The minimum absolute atomic E-state index is 0.207. The summed E-state index contributed by atoms with van der Waals surface area (Å²) >= 11 is 6.11. The molecule has 0 heterocycles. The van der Waals surface area contributed by atoms with Crippen molar-refractivity contribution >= 4 is 11.6 Å². The highest BCUT2D eigenvalue weighted by molar-refractivity contribution is 6.30. The third-order valence-electron chi connectivity index (χ3n) is 3.16. The zero-order valence-electron chi connectivity index (χ0n) is 11.5. The number of nitrogens with one attached hydrogen (secondary N) is 1. The van der Waals surface area contributed by atoms with Crippen LogP contribution in [0.2, 0.25) is 5.02 Å². The number of rotatable bonds is 5. The largest absolute Gasteiger partial charge is 0.306 e. The van der Waals surface area contributed by atoms with Crippen molar-refractivity contribution in [2.45, 2.75) is 26.3 Å². The van der Waals surface area contributed by atoms with E-state index in [2.05, 4.69) is 49.5 Å². The maximum absolute atomic E-state index is 6.11. The molecule has 0 aromatic heterocycles. The molecule has 0 radical (unpaired) electrons. The van der Waals surface area contributed by atoms with E-state index in [0.29, 0.717) is 0 Å². The normalized spacial score (nSPS) is 12.4. The molecule has 0 spiro atoms. The van der Waals surface area contributed by atoms with E-state index in [1.54, 1.807) is 0 Å². The molecular formula is C17H20ClN. The fourth-order valence-electron chi connectivity index (χ4n) is 2.25. The maximum atomic E-state index is 6.11. The number of hydrogen-bond donors (Lipinski definition) is 1. The molecule has 0 amide bonds. The molecule has 2 heteroatoms. The van der Waals surface area contributed by atoms with Gasteiger partial charge in [-0.1, -0.05) is 60.5 Å².